The van der Waals surface area contributed by atoms with Crippen molar-refractivity contribution in [3.63, 3.8) is 0 Å². The van der Waals surface area contributed by atoms with Gasteiger partial charge in [0.15, 0.2) is 4.67 Å². The standard InChI is InChI=1S/C12H10BrNO3/c13-11-5-3-9(17-11)4-6-12(15)14-8-10-2-1-7-16-10/h1-7H,8H2,(H,14,15)/b6-4+. The van der Waals surface area contributed by atoms with E-state index < -0.39 is 0 Å². The molecule has 0 aliphatic rings. The van der Waals surface area contributed by atoms with Gasteiger partial charge in [-0.05, 0) is 46.3 Å². The highest BCUT2D eigenvalue weighted by Gasteiger charge is 1.99. The maximum Gasteiger partial charge on any atom is 0.244 e. The summed E-state index contributed by atoms with van der Waals surface area (Å²) >= 11 is 3.18. The molecule has 0 aliphatic carbocycles. The predicted molar refractivity (Wildman–Crippen MR) is 66.0 cm³/mol. The van der Waals surface area contributed by atoms with Gasteiger partial charge >= 0.3 is 0 Å². The number of hydrogen-bond donors (Lipinski definition) is 1. The van der Waals surface area contributed by atoms with Crippen molar-refractivity contribution in [3.05, 3.63) is 52.8 Å². The summed E-state index contributed by atoms with van der Waals surface area (Å²) in [5.74, 6) is 1.13. The van der Waals surface area contributed by atoms with Gasteiger partial charge in [-0.2, -0.15) is 0 Å². The van der Waals surface area contributed by atoms with Crippen LogP contribution in [0.3, 0.4) is 0 Å². The fraction of sp³-hybridized carbons (Fsp3) is 0.0833. The lowest BCUT2D eigenvalue weighted by molar-refractivity contribution is -0.116. The minimum Gasteiger partial charge on any atom is -0.467 e. The maximum atomic E-state index is 11.4. The molecule has 4 nitrogen and oxygen atoms in total. The summed E-state index contributed by atoms with van der Waals surface area (Å²) in [4.78, 5) is 11.4. The third-order valence-corrected chi connectivity index (χ3v) is 2.44. The molecule has 0 saturated heterocycles. The first kappa shape index (κ1) is 11.7. The summed E-state index contributed by atoms with van der Waals surface area (Å²) in [6, 6.07) is 7.10. The van der Waals surface area contributed by atoms with Gasteiger partial charge in [0.2, 0.25) is 5.91 Å². The highest BCUT2D eigenvalue weighted by Crippen LogP contribution is 2.14. The molecule has 0 spiro atoms. The first-order chi connectivity index (χ1) is 8.24. The molecule has 0 bridgehead atoms. The number of hydrogen-bond acceptors (Lipinski definition) is 3. The summed E-state index contributed by atoms with van der Waals surface area (Å²) in [5.41, 5.74) is 0. The van der Waals surface area contributed by atoms with E-state index in [1.165, 1.54) is 6.08 Å². The number of furan rings is 2. The molecule has 0 unspecified atom stereocenters. The Morgan fingerprint density at radius 2 is 2.29 bits per heavy atom. The molecule has 88 valence electrons. The molecule has 17 heavy (non-hydrogen) atoms. The van der Waals surface area contributed by atoms with Crippen LogP contribution in [0.4, 0.5) is 0 Å². The van der Waals surface area contributed by atoms with Crippen molar-refractivity contribution < 1.29 is 13.6 Å². The molecular formula is C12H10BrNO3. The van der Waals surface area contributed by atoms with Crippen LogP contribution in [0.1, 0.15) is 11.5 Å². The minimum atomic E-state index is -0.200. The number of carbonyl (C=O) groups excluding carboxylic acids is 1. The lowest BCUT2D eigenvalue weighted by Crippen LogP contribution is -2.19. The highest BCUT2D eigenvalue weighted by molar-refractivity contribution is 9.10. The van der Waals surface area contributed by atoms with Crippen molar-refractivity contribution in [1.29, 1.82) is 0 Å². The van der Waals surface area contributed by atoms with Crippen molar-refractivity contribution in [3.8, 4) is 0 Å². The minimum absolute atomic E-state index is 0.200. The number of carbonyl (C=O) groups is 1. The number of rotatable bonds is 4. The Morgan fingerprint density at radius 3 is 2.94 bits per heavy atom. The van der Waals surface area contributed by atoms with E-state index in [0.29, 0.717) is 22.7 Å². The Kier molecular flexibility index (Phi) is 3.82. The smallest absolute Gasteiger partial charge is 0.244 e. The predicted octanol–water partition coefficient (Wildman–Crippen LogP) is 2.96. The largest absolute Gasteiger partial charge is 0.467 e. The molecule has 0 saturated carbocycles. The molecule has 2 heterocycles. The molecule has 2 rings (SSSR count). The Hall–Kier alpha value is -1.75. The normalized spacial score (nSPS) is 10.9. The molecule has 5 heteroatoms. The van der Waals surface area contributed by atoms with Gasteiger partial charge in [0.05, 0.1) is 12.8 Å². The summed E-state index contributed by atoms with van der Waals surface area (Å²) in [5, 5.41) is 2.69. The Bertz CT molecular complexity index is 514. The van der Waals surface area contributed by atoms with E-state index >= 15 is 0 Å². The van der Waals surface area contributed by atoms with Gasteiger partial charge in [0, 0.05) is 6.08 Å². The van der Waals surface area contributed by atoms with E-state index in [4.69, 9.17) is 8.83 Å². The zero-order valence-electron chi connectivity index (χ0n) is 8.85. The average Bonchev–Trinajstić information content (AvgIpc) is 2.95. The second-order valence-corrected chi connectivity index (χ2v) is 4.05. The van der Waals surface area contributed by atoms with Crippen LogP contribution in [-0.4, -0.2) is 5.91 Å². The fourth-order valence-electron chi connectivity index (χ4n) is 1.22. The number of amides is 1. The number of nitrogens with one attached hydrogen (secondary N) is 1. The van der Waals surface area contributed by atoms with E-state index in [9.17, 15) is 4.79 Å². The van der Waals surface area contributed by atoms with Crippen molar-refractivity contribution in [2.75, 3.05) is 0 Å². The zero-order valence-corrected chi connectivity index (χ0v) is 10.4. The van der Waals surface area contributed by atoms with Crippen molar-refractivity contribution >= 4 is 27.9 Å². The topological polar surface area (TPSA) is 55.4 Å². The third-order valence-electron chi connectivity index (χ3n) is 2.01. The van der Waals surface area contributed by atoms with Crippen LogP contribution in [0.5, 0.6) is 0 Å². The number of halogens is 1. The average molecular weight is 296 g/mol. The Morgan fingerprint density at radius 1 is 1.41 bits per heavy atom. The second-order valence-electron chi connectivity index (χ2n) is 3.27. The molecule has 0 radical (unpaired) electrons. The fourth-order valence-corrected chi connectivity index (χ4v) is 1.54. The van der Waals surface area contributed by atoms with Gasteiger partial charge < -0.3 is 14.2 Å². The molecule has 0 atom stereocenters. The lowest BCUT2D eigenvalue weighted by atomic mass is 10.3. The van der Waals surface area contributed by atoms with Crippen LogP contribution in [0, 0.1) is 0 Å². The summed E-state index contributed by atoms with van der Waals surface area (Å²) in [7, 11) is 0. The SMILES string of the molecule is O=C(/C=C/c1ccc(Br)o1)NCc1ccco1. The molecule has 2 aromatic heterocycles. The van der Waals surface area contributed by atoms with E-state index in [-0.39, 0.29) is 5.91 Å². The van der Waals surface area contributed by atoms with Crippen LogP contribution in [0.15, 0.2) is 50.1 Å². The first-order valence-electron chi connectivity index (χ1n) is 4.97. The highest BCUT2D eigenvalue weighted by atomic mass is 79.9. The molecule has 2 aromatic rings. The van der Waals surface area contributed by atoms with Gasteiger partial charge in [0.25, 0.3) is 0 Å². The van der Waals surface area contributed by atoms with E-state index in [2.05, 4.69) is 21.2 Å². The van der Waals surface area contributed by atoms with Crippen LogP contribution < -0.4 is 5.32 Å². The first-order valence-corrected chi connectivity index (χ1v) is 5.77. The van der Waals surface area contributed by atoms with Gasteiger partial charge in [-0.3, -0.25) is 4.79 Å². The van der Waals surface area contributed by atoms with Crippen molar-refractivity contribution in [1.82, 2.24) is 5.32 Å². The lowest BCUT2D eigenvalue weighted by Gasteiger charge is -1.97. The molecule has 0 fully saturated rings. The molecule has 0 aliphatic heterocycles. The third kappa shape index (κ3) is 3.64. The van der Waals surface area contributed by atoms with E-state index in [1.54, 1.807) is 36.6 Å². The van der Waals surface area contributed by atoms with Gasteiger partial charge in [-0.1, -0.05) is 0 Å². The van der Waals surface area contributed by atoms with Gasteiger partial charge in [-0.15, -0.1) is 0 Å². The van der Waals surface area contributed by atoms with Crippen LogP contribution >= 0.6 is 15.9 Å². The van der Waals surface area contributed by atoms with Crippen LogP contribution in [0.25, 0.3) is 6.08 Å². The molecule has 1 N–H and O–H groups in total. The molecular weight excluding hydrogens is 286 g/mol. The van der Waals surface area contributed by atoms with Crippen LogP contribution in [-0.2, 0) is 11.3 Å². The monoisotopic (exact) mass is 295 g/mol. The Labute approximate surface area is 106 Å². The summed E-state index contributed by atoms with van der Waals surface area (Å²) < 4.78 is 10.9. The van der Waals surface area contributed by atoms with Crippen molar-refractivity contribution in [2.45, 2.75) is 6.54 Å². The molecule has 1 amide bonds. The summed E-state index contributed by atoms with van der Waals surface area (Å²) in [6.45, 7) is 0.373. The van der Waals surface area contributed by atoms with E-state index in [1.807, 2.05) is 0 Å². The zero-order chi connectivity index (χ0) is 12.1. The Balaban J connectivity index is 1.83. The summed E-state index contributed by atoms with van der Waals surface area (Å²) in [6.07, 6.45) is 4.58. The van der Waals surface area contributed by atoms with E-state index in [0.717, 1.165) is 0 Å². The van der Waals surface area contributed by atoms with Gasteiger partial charge in [-0.25, -0.2) is 0 Å². The maximum absolute atomic E-state index is 11.4. The second kappa shape index (κ2) is 5.54. The molecule has 0 aromatic carbocycles. The quantitative estimate of drug-likeness (QED) is 0.882. The van der Waals surface area contributed by atoms with Gasteiger partial charge in [0.1, 0.15) is 11.5 Å². The van der Waals surface area contributed by atoms with Crippen molar-refractivity contribution in [2.24, 2.45) is 0 Å². The van der Waals surface area contributed by atoms with Crippen LogP contribution in [0.2, 0.25) is 0 Å².